The first-order valence-electron chi connectivity index (χ1n) is 7.64. The molecule has 0 aliphatic rings. The molecule has 0 heterocycles. The second kappa shape index (κ2) is 12.4. The zero-order valence-corrected chi connectivity index (χ0v) is 18.7. The van der Waals surface area contributed by atoms with Gasteiger partial charge in [-0.25, -0.2) is 0 Å². The van der Waals surface area contributed by atoms with Gasteiger partial charge in [0.05, 0.1) is 0 Å². The van der Waals surface area contributed by atoms with E-state index in [4.69, 9.17) is 11.3 Å². The molecule has 0 aliphatic carbocycles. The smallest absolute Gasteiger partial charge is 3.00 e. The predicted molar refractivity (Wildman–Crippen MR) is 89.1 cm³/mol. The summed E-state index contributed by atoms with van der Waals surface area (Å²) in [5.74, 6) is 1.59. The number of ether oxygens (including phenoxy) is 1. The molecule has 1 rings (SSSR count). The van der Waals surface area contributed by atoms with Crippen molar-refractivity contribution in [2.24, 2.45) is 0 Å². The van der Waals surface area contributed by atoms with Gasteiger partial charge in [0.1, 0.15) is 0 Å². The van der Waals surface area contributed by atoms with Crippen LogP contribution in [0.1, 0.15) is 62.6 Å². The first-order valence-corrected chi connectivity index (χ1v) is 8.34. The van der Waals surface area contributed by atoms with Gasteiger partial charge in [-0.1, -0.05) is 0 Å². The summed E-state index contributed by atoms with van der Waals surface area (Å²) < 4.78 is 8.60. The second-order valence-corrected chi connectivity index (χ2v) is 6.03. The molecule has 0 saturated carbocycles. The molecule has 0 bridgehead atoms. The summed E-state index contributed by atoms with van der Waals surface area (Å²) in [6.45, 7) is 14.7. The van der Waals surface area contributed by atoms with Crippen LogP contribution in [0.15, 0.2) is 30.0 Å². The van der Waals surface area contributed by atoms with Crippen LogP contribution in [0.5, 0.6) is 0 Å². The van der Waals surface area contributed by atoms with E-state index in [0.717, 1.165) is 12.0 Å². The molecular weight excluding hydrogens is 396 g/mol. The minimum atomic E-state index is 0. The summed E-state index contributed by atoms with van der Waals surface area (Å²) in [6.07, 6.45) is 6.41. The molecule has 119 valence electrons. The monoisotopic (exact) mass is 420 g/mol. The van der Waals surface area contributed by atoms with Crippen molar-refractivity contribution in [3.63, 3.8) is 0 Å². The van der Waals surface area contributed by atoms with Gasteiger partial charge in [0.2, 0.25) is 0 Å². The first kappa shape index (κ1) is 23.1. The maximum absolute atomic E-state index is 5.70. The van der Waals surface area contributed by atoms with Crippen molar-refractivity contribution in [3.05, 3.63) is 65.8 Å². The molecule has 0 aliphatic heterocycles. The number of rotatable bonds is 9. The van der Waals surface area contributed by atoms with Gasteiger partial charge in [0.25, 0.3) is 0 Å². The zero-order chi connectivity index (χ0) is 16.5. The summed E-state index contributed by atoms with van der Waals surface area (Å²) >= 11 is 2.26. The third-order valence-corrected chi connectivity index (χ3v) is 3.86. The SMILES string of the molecule is [CH-]=C/C=C(\[C-]=[V])OCc1[c-]c(C(C)C[CH-]C)c(C(C)C)cc1.[Y+3]. The van der Waals surface area contributed by atoms with Crippen molar-refractivity contribution in [2.75, 3.05) is 0 Å². The first-order chi connectivity index (χ1) is 10.5. The third kappa shape index (κ3) is 7.65. The number of hydrogen-bond acceptors (Lipinski definition) is 1. The van der Waals surface area contributed by atoms with E-state index in [9.17, 15) is 0 Å². The van der Waals surface area contributed by atoms with Crippen LogP contribution in [0.2, 0.25) is 0 Å². The fourth-order valence-electron chi connectivity index (χ4n) is 2.39. The molecule has 0 saturated heterocycles. The molecule has 1 aromatic carbocycles. The second-order valence-electron chi connectivity index (χ2n) is 5.68. The summed E-state index contributed by atoms with van der Waals surface area (Å²) in [7, 11) is 0. The standard InChI is InChI=1S/C20H24O.V.Y/c1-7-9-16(5)20-13-18(11-12-19(20)15(3)4)14-21-17(6)10-8-2;;/h2,7-8,10-12,15-16H,9,14H2,1,3-5H3;;/q-4;;+3/b17-10+;;. The molecule has 0 fully saturated rings. The Kier molecular flexibility index (Phi) is 12.5. The molecule has 1 unspecified atom stereocenters. The molecule has 1 atom stereocenters. The predicted octanol–water partition coefficient (Wildman–Crippen LogP) is 4.94. The number of allylic oxidation sites excluding steroid dienone is 3. The summed E-state index contributed by atoms with van der Waals surface area (Å²) in [4.78, 5) is 0. The van der Waals surface area contributed by atoms with Gasteiger partial charge in [-0.15, -0.1) is 0 Å². The number of benzene rings is 1. The van der Waals surface area contributed by atoms with E-state index in [1.807, 2.05) is 0 Å². The van der Waals surface area contributed by atoms with Crippen LogP contribution in [0.4, 0.5) is 0 Å². The van der Waals surface area contributed by atoms with Gasteiger partial charge < -0.3 is 0 Å². The van der Waals surface area contributed by atoms with Crippen LogP contribution >= 0.6 is 0 Å². The maximum atomic E-state index is 5.70. The van der Waals surface area contributed by atoms with Crippen molar-refractivity contribution < 1.29 is 54.4 Å². The van der Waals surface area contributed by atoms with Gasteiger partial charge in [0.15, 0.2) is 0 Å². The van der Waals surface area contributed by atoms with Crippen LogP contribution in [0, 0.1) is 19.1 Å². The maximum Gasteiger partial charge on any atom is 3.00 e. The molecule has 0 N–H and O–H groups in total. The molecule has 0 amide bonds. The van der Waals surface area contributed by atoms with Crippen molar-refractivity contribution in [1.29, 1.82) is 0 Å². The Labute approximate surface area is 176 Å². The van der Waals surface area contributed by atoms with E-state index in [-0.39, 0.29) is 32.7 Å². The average molecular weight is 420 g/mol. The Hall–Kier alpha value is 0.0583. The average Bonchev–Trinajstić information content (AvgIpc) is 2.51. The van der Waals surface area contributed by atoms with Crippen molar-refractivity contribution in [2.45, 2.75) is 52.6 Å². The Balaban J connectivity index is 0.00000484. The van der Waals surface area contributed by atoms with Crippen LogP contribution in [-0.4, -0.2) is 4.73 Å². The van der Waals surface area contributed by atoms with Crippen LogP contribution < -0.4 is 0 Å². The molecule has 1 aromatic rings. The Morgan fingerprint density at radius 2 is 2.13 bits per heavy atom. The van der Waals surface area contributed by atoms with Crippen LogP contribution in [-0.2, 0) is 61.0 Å². The molecule has 0 spiro atoms. The van der Waals surface area contributed by atoms with E-state index < -0.39 is 0 Å². The molecular formula is C20H24OVY-. The molecule has 0 aromatic heterocycles. The topological polar surface area (TPSA) is 9.23 Å². The summed E-state index contributed by atoms with van der Waals surface area (Å²) in [5.41, 5.74) is 3.72. The largest absolute Gasteiger partial charge is 3.00 e. The fourth-order valence-corrected chi connectivity index (χ4v) is 2.61. The van der Waals surface area contributed by atoms with Crippen molar-refractivity contribution >= 4 is 4.73 Å². The van der Waals surface area contributed by atoms with Gasteiger partial charge in [-0.3, -0.25) is 0 Å². The Bertz CT molecular complexity index is 534. The van der Waals surface area contributed by atoms with E-state index in [1.165, 1.54) is 17.2 Å². The molecule has 3 heteroatoms. The zero-order valence-electron chi connectivity index (χ0n) is 14.5. The van der Waals surface area contributed by atoms with Gasteiger partial charge in [-0.05, 0) is 0 Å². The van der Waals surface area contributed by atoms with Gasteiger partial charge >= 0.3 is 178 Å². The number of hydrogen-bond donors (Lipinski definition) is 0. The Morgan fingerprint density at radius 3 is 2.65 bits per heavy atom. The van der Waals surface area contributed by atoms with Crippen molar-refractivity contribution in [1.82, 2.24) is 0 Å². The minimum Gasteiger partial charge on any atom is 3.00 e. The van der Waals surface area contributed by atoms with Crippen LogP contribution in [0.25, 0.3) is 0 Å². The van der Waals surface area contributed by atoms with E-state index in [0.29, 0.717) is 24.2 Å². The van der Waals surface area contributed by atoms with Gasteiger partial charge in [0, 0.05) is 0 Å². The molecule has 0 radical (unpaired) electrons. The normalized spacial score (nSPS) is 12.4. The quantitative estimate of drug-likeness (QED) is 0.313. The molecule has 23 heavy (non-hydrogen) atoms. The third-order valence-electron chi connectivity index (χ3n) is 3.52. The summed E-state index contributed by atoms with van der Waals surface area (Å²) in [6, 6.07) is 7.85. The van der Waals surface area contributed by atoms with Crippen LogP contribution in [0.3, 0.4) is 0 Å². The van der Waals surface area contributed by atoms with Gasteiger partial charge in [-0.2, -0.15) is 0 Å². The Morgan fingerprint density at radius 1 is 1.43 bits per heavy atom. The van der Waals surface area contributed by atoms with E-state index in [2.05, 4.69) is 74.0 Å². The minimum absolute atomic E-state index is 0. The summed E-state index contributed by atoms with van der Waals surface area (Å²) in [5, 5.41) is 0. The van der Waals surface area contributed by atoms with Crippen molar-refractivity contribution in [3.8, 4) is 0 Å². The van der Waals surface area contributed by atoms with E-state index in [1.54, 1.807) is 6.08 Å². The van der Waals surface area contributed by atoms with E-state index >= 15 is 0 Å². The fraction of sp³-hybridized carbons (Fsp3) is 0.400. The molecule has 1 nitrogen and oxygen atoms in total.